The maximum absolute atomic E-state index is 12.7. The Morgan fingerprint density at radius 3 is 2.69 bits per heavy atom. The average Bonchev–Trinajstić information content (AvgIpc) is 3.12. The highest BCUT2D eigenvalue weighted by Gasteiger charge is 2.34. The van der Waals surface area contributed by atoms with Crippen molar-refractivity contribution in [1.82, 2.24) is 25.2 Å². The fraction of sp³-hybridized carbons (Fsp3) is 0.500. The van der Waals surface area contributed by atoms with Crippen LogP contribution in [0.15, 0.2) is 10.6 Å². The molecule has 3 heterocycles. The van der Waals surface area contributed by atoms with Crippen molar-refractivity contribution >= 4 is 23.4 Å². The minimum atomic E-state index is -0.905. The molecule has 1 aliphatic heterocycles. The largest absolute Gasteiger partial charge is 0.389 e. The number of nitrogens with one attached hydrogen (secondary N) is 1. The fourth-order valence-electron chi connectivity index (χ4n) is 3.01. The molecule has 2 aromatic rings. The molecule has 9 nitrogen and oxygen atoms in total. The van der Waals surface area contributed by atoms with Crippen molar-refractivity contribution in [2.24, 2.45) is 7.05 Å². The van der Waals surface area contributed by atoms with E-state index in [9.17, 15) is 14.7 Å². The molecule has 0 bridgehead atoms. The van der Waals surface area contributed by atoms with Gasteiger partial charge in [-0.15, -0.1) is 0 Å². The van der Waals surface area contributed by atoms with E-state index in [0.29, 0.717) is 29.4 Å². The summed E-state index contributed by atoms with van der Waals surface area (Å²) in [5, 5.41) is 21.2. The van der Waals surface area contributed by atoms with Gasteiger partial charge in [0.25, 0.3) is 11.8 Å². The molecule has 1 fully saturated rings. The molecule has 2 amide bonds. The third-order valence-corrected chi connectivity index (χ3v) is 4.85. The highest BCUT2D eigenvalue weighted by Crippen LogP contribution is 2.23. The van der Waals surface area contributed by atoms with Gasteiger partial charge in [-0.1, -0.05) is 16.8 Å². The van der Waals surface area contributed by atoms with E-state index in [-0.39, 0.29) is 23.8 Å². The van der Waals surface area contributed by atoms with Gasteiger partial charge in [0.2, 0.25) is 0 Å². The Morgan fingerprint density at radius 1 is 1.42 bits per heavy atom. The van der Waals surface area contributed by atoms with Crippen LogP contribution in [0.3, 0.4) is 0 Å². The van der Waals surface area contributed by atoms with Crippen LogP contribution in [0, 0.1) is 13.8 Å². The number of halogens is 1. The molecule has 0 aliphatic carbocycles. The van der Waals surface area contributed by atoms with E-state index in [0.717, 1.165) is 0 Å². The van der Waals surface area contributed by atoms with Gasteiger partial charge in [-0.2, -0.15) is 5.10 Å². The number of carbonyl (C=O) groups is 2. The molecule has 2 N–H and O–H groups in total. The van der Waals surface area contributed by atoms with E-state index in [2.05, 4.69) is 15.6 Å². The van der Waals surface area contributed by atoms with Gasteiger partial charge in [-0.3, -0.25) is 14.3 Å². The SMILES string of the molecule is Cc1cc(C(=O)N[C@@H]2CCN(C(=O)c3c(Cl)c(C)nn3C)C[C@H]2O)no1. The summed E-state index contributed by atoms with van der Waals surface area (Å²) in [5.41, 5.74) is 1.02. The number of nitrogens with zero attached hydrogens (tertiary/aromatic N) is 4. The van der Waals surface area contributed by atoms with Gasteiger partial charge in [0.1, 0.15) is 11.5 Å². The summed E-state index contributed by atoms with van der Waals surface area (Å²) in [7, 11) is 1.65. The van der Waals surface area contributed by atoms with Gasteiger partial charge in [0, 0.05) is 26.2 Å². The fourth-order valence-corrected chi connectivity index (χ4v) is 3.26. The zero-order valence-corrected chi connectivity index (χ0v) is 15.4. The molecule has 0 radical (unpaired) electrons. The molecular formula is C16H20ClN5O4. The number of amides is 2. The van der Waals surface area contributed by atoms with Crippen LogP contribution >= 0.6 is 11.6 Å². The van der Waals surface area contributed by atoms with Crippen molar-refractivity contribution in [3.05, 3.63) is 33.9 Å². The Labute approximate surface area is 154 Å². The first kappa shape index (κ1) is 18.4. The summed E-state index contributed by atoms with van der Waals surface area (Å²) < 4.78 is 6.31. The number of β-amino-alcohol motifs (C(OH)–C–C–N with tert-alkyl or cyclic N) is 1. The predicted octanol–water partition coefficient (Wildman–Crippen LogP) is 0.684. The zero-order valence-electron chi connectivity index (χ0n) is 14.7. The van der Waals surface area contributed by atoms with Crippen molar-refractivity contribution < 1.29 is 19.2 Å². The number of hydrogen-bond donors (Lipinski definition) is 2. The maximum Gasteiger partial charge on any atom is 0.273 e. The first-order valence-corrected chi connectivity index (χ1v) is 8.56. The first-order valence-electron chi connectivity index (χ1n) is 8.18. The topological polar surface area (TPSA) is 113 Å². The molecule has 0 spiro atoms. The molecule has 140 valence electrons. The predicted molar refractivity (Wildman–Crippen MR) is 92.0 cm³/mol. The Hall–Kier alpha value is -2.39. The van der Waals surface area contributed by atoms with Crippen LogP contribution in [0.2, 0.25) is 5.02 Å². The molecular weight excluding hydrogens is 362 g/mol. The summed E-state index contributed by atoms with van der Waals surface area (Å²) in [5.74, 6) is -0.190. The lowest BCUT2D eigenvalue weighted by atomic mass is 10.0. The highest BCUT2D eigenvalue weighted by atomic mass is 35.5. The number of piperidine rings is 1. The van der Waals surface area contributed by atoms with Crippen LogP contribution in [0.5, 0.6) is 0 Å². The van der Waals surface area contributed by atoms with Crippen molar-refractivity contribution in [2.45, 2.75) is 32.4 Å². The minimum absolute atomic E-state index is 0.0855. The molecule has 2 atom stereocenters. The number of hydrogen-bond acceptors (Lipinski definition) is 6. The van der Waals surface area contributed by atoms with Crippen LogP contribution in [-0.4, -0.2) is 62.0 Å². The number of aliphatic hydroxyl groups excluding tert-OH is 1. The standard InChI is InChI=1S/C16H20ClN5O4/c1-8-6-11(20-26-8)15(24)18-10-4-5-22(7-12(10)23)16(25)14-13(17)9(2)19-21(14)3/h6,10,12,23H,4-5,7H2,1-3H3,(H,18,24)/t10-,12-/m1/s1. The van der Waals surface area contributed by atoms with Gasteiger partial charge < -0.3 is 19.8 Å². The van der Waals surface area contributed by atoms with Crippen LogP contribution in [0.25, 0.3) is 0 Å². The molecule has 0 unspecified atom stereocenters. The Bertz CT molecular complexity index is 846. The van der Waals surface area contributed by atoms with Crippen LogP contribution in [-0.2, 0) is 7.05 Å². The molecule has 0 aromatic carbocycles. The van der Waals surface area contributed by atoms with Crippen molar-refractivity contribution in [3.8, 4) is 0 Å². The molecule has 1 aliphatic rings. The van der Waals surface area contributed by atoms with Gasteiger partial charge in [0.05, 0.1) is 22.9 Å². The number of rotatable bonds is 3. The second kappa shape index (κ2) is 7.08. The lowest BCUT2D eigenvalue weighted by Crippen LogP contribution is -2.55. The first-order chi connectivity index (χ1) is 12.3. The number of aliphatic hydroxyl groups is 1. The number of likely N-dealkylation sites (tertiary alicyclic amines) is 1. The molecule has 2 aromatic heterocycles. The quantitative estimate of drug-likeness (QED) is 0.808. The normalized spacial score (nSPS) is 20.3. The number of aromatic nitrogens is 3. The van der Waals surface area contributed by atoms with E-state index in [4.69, 9.17) is 16.1 Å². The lowest BCUT2D eigenvalue weighted by molar-refractivity contribution is 0.0307. The van der Waals surface area contributed by atoms with Gasteiger partial charge in [-0.25, -0.2) is 0 Å². The van der Waals surface area contributed by atoms with Gasteiger partial charge in [0.15, 0.2) is 5.69 Å². The van der Waals surface area contributed by atoms with Crippen LogP contribution in [0.1, 0.15) is 38.9 Å². The second-order valence-electron chi connectivity index (χ2n) is 6.38. The average molecular weight is 382 g/mol. The van der Waals surface area contributed by atoms with Gasteiger partial charge >= 0.3 is 0 Å². The van der Waals surface area contributed by atoms with Crippen molar-refractivity contribution in [1.29, 1.82) is 0 Å². The van der Waals surface area contributed by atoms with E-state index in [1.165, 1.54) is 15.6 Å². The van der Waals surface area contributed by atoms with Crippen molar-refractivity contribution in [3.63, 3.8) is 0 Å². The third-order valence-electron chi connectivity index (χ3n) is 4.40. The van der Waals surface area contributed by atoms with Crippen LogP contribution < -0.4 is 5.32 Å². The number of carbonyl (C=O) groups excluding carboxylic acids is 2. The second-order valence-corrected chi connectivity index (χ2v) is 6.76. The van der Waals surface area contributed by atoms with E-state index in [1.807, 2.05) is 0 Å². The summed E-state index contributed by atoms with van der Waals surface area (Å²) >= 11 is 6.17. The van der Waals surface area contributed by atoms with E-state index in [1.54, 1.807) is 20.9 Å². The Balaban J connectivity index is 1.64. The highest BCUT2D eigenvalue weighted by molar-refractivity contribution is 6.34. The maximum atomic E-state index is 12.7. The number of aryl methyl sites for hydroxylation is 3. The summed E-state index contributed by atoms with van der Waals surface area (Å²) in [6.07, 6.45) is -0.498. The molecule has 3 rings (SSSR count). The molecule has 26 heavy (non-hydrogen) atoms. The summed E-state index contributed by atoms with van der Waals surface area (Å²) in [4.78, 5) is 26.4. The Kier molecular flexibility index (Phi) is 5.01. The van der Waals surface area contributed by atoms with Crippen LogP contribution in [0.4, 0.5) is 0 Å². The smallest absolute Gasteiger partial charge is 0.273 e. The van der Waals surface area contributed by atoms with Crippen molar-refractivity contribution in [2.75, 3.05) is 13.1 Å². The third kappa shape index (κ3) is 3.45. The molecule has 1 saturated heterocycles. The minimum Gasteiger partial charge on any atom is -0.389 e. The summed E-state index contributed by atoms with van der Waals surface area (Å²) in [6, 6.07) is 1.04. The summed E-state index contributed by atoms with van der Waals surface area (Å²) in [6.45, 7) is 3.87. The monoisotopic (exact) mass is 381 g/mol. The van der Waals surface area contributed by atoms with Gasteiger partial charge in [-0.05, 0) is 20.3 Å². The van der Waals surface area contributed by atoms with E-state index >= 15 is 0 Å². The van der Waals surface area contributed by atoms with E-state index < -0.39 is 18.1 Å². The Morgan fingerprint density at radius 2 is 2.15 bits per heavy atom. The lowest BCUT2D eigenvalue weighted by Gasteiger charge is -2.36. The molecule has 10 heteroatoms. The zero-order chi connectivity index (χ0) is 19.0. The molecule has 0 saturated carbocycles.